The molecule has 1 saturated heterocycles. The molecule has 1 heterocycles. The molecule has 0 aromatic rings. The van der Waals surface area contributed by atoms with Crippen molar-refractivity contribution in [1.82, 2.24) is 0 Å². The fraction of sp³-hybridized carbons (Fsp3) is 0.929. The van der Waals surface area contributed by atoms with Gasteiger partial charge in [0.2, 0.25) is 0 Å². The van der Waals surface area contributed by atoms with Crippen LogP contribution in [0.3, 0.4) is 0 Å². The maximum Gasteiger partial charge on any atom is 0.138 e. The molecule has 3 nitrogen and oxygen atoms in total. The molecule has 2 unspecified atom stereocenters. The standard InChI is InChI=1S/C14H27NO2/c1-14(2,3)12(6-8-15)4-5-13(16)11-7-9-17-10-11/h11-12H,4-10,15H2,1-3H3. The van der Waals surface area contributed by atoms with Crippen LogP contribution in [0.2, 0.25) is 0 Å². The van der Waals surface area contributed by atoms with E-state index in [1.807, 2.05) is 0 Å². The van der Waals surface area contributed by atoms with Crippen LogP contribution in [-0.2, 0) is 9.53 Å². The number of carbonyl (C=O) groups is 1. The normalized spacial score (nSPS) is 22.7. The van der Waals surface area contributed by atoms with E-state index in [1.165, 1.54) is 0 Å². The molecule has 100 valence electrons. The Kier molecular flexibility index (Phi) is 5.60. The Bertz CT molecular complexity index is 239. The van der Waals surface area contributed by atoms with E-state index in [4.69, 9.17) is 10.5 Å². The summed E-state index contributed by atoms with van der Waals surface area (Å²) in [5.74, 6) is 1.08. The van der Waals surface area contributed by atoms with Crippen molar-refractivity contribution in [3.05, 3.63) is 0 Å². The van der Waals surface area contributed by atoms with Crippen LogP contribution < -0.4 is 5.73 Å². The Balaban J connectivity index is 2.37. The van der Waals surface area contributed by atoms with Crippen molar-refractivity contribution in [2.24, 2.45) is 23.0 Å². The Morgan fingerprint density at radius 2 is 2.12 bits per heavy atom. The lowest BCUT2D eigenvalue weighted by Gasteiger charge is -2.30. The Morgan fingerprint density at radius 1 is 1.41 bits per heavy atom. The van der Waals surface area contributed by atoms with Crippen molar-refractivity contribution in [3.8, 4) is 0 Å². The van der Waals surface area contributed by atoms with Crippen LogP contribution in [0.1, 0.15) is 46.5 Å². The number of ketones is 1. The van der Waals surface area contributed by atoms with Gasteiger partial charge < -0.3 is 10.5 Å². The lowest BCUT2D eigenvalue weighted by Crippen LogP contribution is -2.25. The summed E-state index contributed by atoms with van der Waals surface area (Å²) >= 11 is 0. The molecule has 0 saturated carbocycles. The van der Waals surface area contributed by atoms with Crippen molar-refractivity contribution < 1.29 is 9.53 Å². The number of nitrogens with two attached hydrogens (primary N) is 1. The number of carbonyl (C=O) groups excluding carboxylic acids is 1. The number of Topliss-reactive ketones (excluding diaryl/α,β-unsaturated/α-hetero) is 1. The number of rotatable bonds is 6. The van der Waals surface area contributed by atoms with Crippen LogP contribution in [0.25, 0.3) is 0 Å². The van der Waals surface area contributed by atoms with Gasteiger partial charge in [0, 0.05) is 18.9 Å². The molecule has 0 amide bonds. The minimum atomic E-state index is 0.161. The van der Waals surface area contributed by atoms with Gasteiger partial charge in [-0.2, -0.15) is 0 Å². The van der Waals surface area contributed by atoms with Crippen molar-refractivity contribution in [1.29, 1.82) is 0 Å². The lowest BCUT2D eigenvalue weighted by molar-refractivity contribution is -0.123. The maximum absolute atomic E-state index is 12.0. The van der Waals surface area contributed by atoms with Crippen LogP contribution in [0.15, 0.2) is 0 Å². The van der Waals surface area contributed by atoms with Crippen LogP contribution in [0.5, 0.6) is 0 Å². The van der Waals surface area contributed by atoms with E-state index in [0.717, 1.165) is 25.9 Å². The highest BCUT2D eigenvalue weighted by Gasteiger charge is 2.27. The Hall–Kier alpha value is -0.410. The molecule has 2 N–H and O–H groups in total. The summed E-state index contributed by atoms with van der Waals surface area (Å²) in [7, 11) is 0. The first-order chi connectivity index (χ1) is 7.95. The van der Waals surface area contributed by atoms with Crippen LogP contribution in [-0.4, -0.2) is 25.5 Å². The highest BCUT2D eigenvalue weighted by molar-refractivity contribution is 5.81. The second-order valence-electron chi connectivity index (χ2n) is 6.21. The van der Waals surface area contributed by atoms with Crippen molar-refractivity contribution in [2.75, 3.05) is 19.8 Å². The SMILES string of the molecule is CC(C)(C)C(CCN)CCC(=O)C1CCOC1. The predicted octanol–water partition coefficient (Wildman–Crippen LogP) is 2.38. The van der Waals surface area contributed by atoms with Gasteiger partial charge in [0.15, 0.2) is 0 Å². The zero-order valence-corrected chi connectivity index (χ0v) is 11.5. The van der Waals surface area contributed by atoms with Gasteiger partial charge in [-0.25, -0.2) is 0 Å². The molecule has 17 heavy (non-hydrogen) atoms. The van der Waals surface area contributed by atoms with Crippen molar-refractivity contribution in [3.63, 3.8) is 0 Å². The van der Waals surface area contributed by atoms with E-state index in [-0.39, 0.29) is 11.3 Å². The van der Waals surface area contributed by atoms with E-state index in [2.05, 4.69) is 20.8 Å². The van der Waals surface area contributed by atoms with E-state index in [1.54, 1.807) is 0 Å². The van der Waals surface area contributed by atoms with Gasteiger partial charge in [0.25, 0.3) is 0 Å². The van der Waals surface area contributed by atoms with Gasteiger partial charge in [0.05, 0.1) is 6.61 Å². The van der Waals surface area contributed by atoms with Gasteiger partial charge in [0.1, 0.15) is 5.78 Å². The molecule has 1 aliphatic rings. The third-order valence-corrected chi connectivity index (χ3v) is 3.86. The summed E-state index contributed by atoms with van der Waals surface area (Å²) in [5.41, 5.74) is 5.89. The molecule has 0 aromatic heterocycles. The molecule has 1 rings (SSSR count). The third kappa shape index (κ3) is 4.76. The van der Waals surface area contributed by atoms with Gasteiger partial charge in [-0.3, -0.25) is 4.79 Å². The average molecular weight is 241 g/mol. The fourth-order valence-electron chi connectivity index (χ4n) is 2.52. The van der Waals surface area contributed by atoms with Crippen molar-refractivity contribution in [2.45, 2.75) is 46.5 Å². The molecule has 1 fully saturated rings. The summed E-state index contributed by atoms with van der Waals surface area (Å²) in [6.07, 6.45) is 3.58. The number of hydrogen-bond acceptors (Lipinski definition) is 3. The molecule has 3 heteroatoms. The summed E-state index contributed by atoms with van der Waals surface area (Å²) in [6.45, 7) is 8.80. The van der Waals surface area contributed by atoms with Gasteiger partial charge in [-0.05, 0) is 37.1 Å². The molecule has 0 aliphatic carbocycles. The predicted molar refractivity (Wildman–Crippen MR) is 69.8 cm³/mol. The first-order valence-electron chi connectivity index (χ1n) is 6.75. The lowest BCUT2D eigenvalue weighted by atomic mass is 9.75. The zero-order chi connectivity index (χ0) is 12.9. The second kappa shape index (κ2) is 6.50. The molecule has 0 radical (unpaired) electrons. The van der Waals surface area contributed by atoms with E-state index < -0.39 is 0 Å². The largest absolute Gasteiger partial charge is 0.381 e. The minimum absolute atomic E-state index is 0.161. The molecule has 2 atom stereocenters. The van der Waals surface area contributed by atoms with E-state index in [9.17, 15) is 4.79 Å². The molecular weight excluding hydrogens is 214 g/mol. The topological polar surface area (TPSA) is 52.3 Å². The molecule has 0 aromatic carbocycles. The molecule has 1 aliphatic heterocycles. The third-order valence-electron chi connectivity index (χ3n) is 3.86. The first-order valence-corrected chi connectivity index (χ1v) is 6.75. The highest BCUT2D eigenvalue weighted by atomic mass is 16.5. The monoisotopic (exact) mass is 241 g/mol. The number of ether oxygens (including phenoxy) is 1. The summed E-state index contributed by atoms with van der Waals surface area (Å²) < 4.78 is 5.26. The van der Waals surface area contributed by atoms with Gasteiger partial charge in [-0.1, -0.05) is 20.8 Å². The smallest absolute Gasteiger partial charge is 0.138 e. The summed E-state index contributed by atoms with van der Waals surface area (Å²) in [6, 6.07) is 0. The quantitative estimate of drug-likeness (QED) is 0.777. The molecular formula is C14H27NO2. The maximum atomic E-state index is 12.0. The van der Waals surface area contributed by atoms with E-state index in [0.29, 0.717) is 31.3 Å². The van der Waals surface area contributed by atoms with Gasteiger partial charge in [-0.15, -0.1) is 0 Å². The highest BCUT2D eigenvalue weighted by Crippen LogP contribution is 2.32. The summed E-state index contributed by atoms with van der Waals surface area (Å²) in [5, 5.41) is 0. The average Bonchev–Trinajstić information content (AvgIpc) is 2.75. The summed E-state index contributed by atoms with van der Waals surface area (Å²) in [4.78, 5) is 12.0. The Morgan fingerprint density at radius 3 is 2.59 bits per heavy atom. The van der Waals surface area contributed by atoms with Crippen LogP contribution in [0, 0.1) is 17.3 Å². The minimum Gasteiger partial charge on any atom is -0.381 e. The first kappa shape index (κ1) is 14.7. The molecule has 0 bridgehead atoms. The van der Waals surface area contributed by atoms with Crippen LogP contribution in [0.4, 0.5) is 0 Å². The fourth-order valence-corrected chi connectivity index (χ4v) is 2.52. The Labute approximate surface area is 105 Å². The number of hydrogen-bond donors (Lipinski definition) is 1. The second-order valence-corrected chi connectivity index (χ2v) is 6.21. The van der Waals surface area contributed by atoms with E-state index >= 15 is 0 Å². The zero-order valence-electron chi connectivity index (χ0n) is 11.5. The van der Waals surface area contributed by atoms with Crippen molar-refractivity contribution >= 4 is 5.78 Å². The van der Waals surface area contributed by atoms with Gasteiger partial charge >= 0.3 is 0 Å². The molecule has 0 spiro atoms. The van der Waals surface area contributed by atoms with Crippen LogP contribution >= 0.6 is 0 Å².